The van der Waals surface area contributed by atoms with Gasteiger partial charge in [0.15, 0.2) is 0 Å². The fourth-order valence-corrected chi connectivity index (χ4v) is 4.16. The van der Waals surface area contributed by atoms with Crippen molar-refractivity contribution in [1.29, 1.82) is 0 Å². The number of piperidine rings is 1. The van der Waals surface area contributed by atoms with E-state index in [0.29, 0.717) is 59.3 Å². The Hall–Kier alpha value is -3.26. The molecule has 2 saturated heterocycles. The van der Waals surface area contributed by atoms with Gasteiger partial charge < -0.3 is 34.1 Å². The van der Waals surface area contributed by atoms with Crippen molar-refractivity contribution in [3.63, 3.8) is 0 Å². The molecule has 2 fully saturated rings. The van der Waals surface area contributed by atoms with E-state index in [0.717, 1.165) is 24.0 Å². The van der Waals surface area contributed by atoms with Gasteiger partial charge in [-0.05, 0) is 30.4 Å². The van der Waals surface area contributed by atoms with Crippen LogP contribution in [0.25, 0.3) is 0 Å². The van der Waals surface area contributed by atoms with Gasteiger partial charge in [0.1, 0.15) is 12.1 Å². The van der Waals surface area contributed by atoms with Crippen molar-refractivity contribution >= 4 is 24.0 Å². The molecule has 0 radical (unpaired) electrons. The minimum Gasteiger partial charge on any atom is -0.465 e. The normalized spacial score (nSPS) is 19.2. The van der Waals surface area contributed by atoms with E-state index in [-0.39, 0.29) is 25.4 Å². The maximum absolute atomic E-state index is 12.3. The van der Waals surface area contributed by atoms with E-state index in [1.807, 2.05) is 24.3 Å². The van der Waals surface area contributed by atoms with Gasteiger partial charge in [-0.25, -0.2) is 9.59 Å². The number of hydrogen-bond donors (Lipinski definition) is 3. The van der Waals surface area contributed by atoms with Crippen LogP contribution in [0.4, 0.5) is 9.59 Å². The summed E-state index contributed by atoms with van der Waals surface area (Å²) in [6.07, 6.45) is 0.153. The number of amides is 4. The summed E-state index contributed by atoms with van der Waals surface area (Å²) in [5.74, 6) is -0.771. The summed E-state index contributed by atoms with van der Waals surface area (Å²) in [4.78, 5) is 47.5. The number of carbonyl (C=O) groups excluding carboxylic acids is 3. The third-order valence-electron chi connectivity index (χ3n) is 6.17. The van der Waals surface area contributed by atoms with E-state index >= 15 is 0 Å². The lowest BCUT2D eigenvalue weighted by molar-refractivity contribution is -0.136. The van der Waals surface area contributed by atoms with E-state index in [9.17, 15) is 19.2 Å². The van der Waals surface area contributed by atoms with Gasteiger partial charge >= 0.3 is 12.2 Å². The molecule has 0 saturated carbocycles. The Labute approximate surface area is 227 Å². The minimum atomic E-state index is -1.07. The molecule has 0 aromatic heterocycles. The molecular weight excluding hydrogens is 514 g/mol. The van der Waals surface area contributed by atoms with Gasteiger partial charge in [-0.2, -0.15) is 0 Å². The Morgan fingerprint density at radius 2 is 1.56 bits per heavy atom. The van der Waals surface area contributed by atoms with Crippen molar-refractivity contribution in [2.75, 3.05) is 65.9 Å². The highest BCUT2D eigenvalue weighted by Crippen LogP contribution is 2.29. The molecular formula is C26H37N3O10. The molecule has 0 bridgehead atoms. The van der Waals surface area contributed by atoms with Crippen LogP contribution in [0.3, 0.4) is 0 Å². The van der Waals surface area contributed by atoms with Crippen LogP contribution in [-0.4, -0.2) is 106 Å². The van der Waals surface area contributed by atoms with E-state index in [4.69, 9.17) is 28.8 Å². The molecule has 2 atom stereocenters. The molecule has 0 aliphatic carbocycles. The predicted octanol–water partition coefficient (Wildman–Crippen LogP) is 1.25. The molecule has 3 N–H and O–H groups in total. The van der Waals surface area contributed by atoms with E-state index < -0.39 is 30.2 Å². The predicted molar refractivity (Wildman–Crippen MR) is 136 cm³/mol. The Kier molecular flexibility index (Phi) is 12.9. The minimum absolute atomic E-state index is 0.209. The number of carboxylic acid groups (broad SMARTS) is 1. The molecule has 1 aromatic carbocycles. The lowest BCUT2D eigenvalue weighted by Crippen LogP contribution is -2.52. The SMILES string of the molecule is O=C(O)NCCOCCOCCOCCOCCCc1ccc([C@H]2CN(C3CCC(=O)NC3=O)C(=O)O2)cc1. The topological polar surface area (TPSA) is 162 Å². The van der Waals surface area contributed by atoms with Gasteiger partial charge in [-0.3, -0.25) is 19.8 Å². The quantitative estimate of drug-likeness (QED) is 0.179. The fourth-order valence-electron chi connectivity index (χ4n) is 4.16. The molecule has 13 heteroatoms. The third kappa shape index (κ3) is 10.8. The highest BCUT2D eigenvalue weighted by molar-refractivity contribution is 6.01. The Morgan fingerprint density at radius 3 is 2.18 bits per heavy atom. The van der Waals surface area contributed by atoms with Crippen LogP contribution in [0.5, 0.6) is 0 Å². The Morgan fingerprint density at radius 1 is 0.949 bits per heavy atom. The lowest BCUT2D eigenvalue weighted by atomic mass is 10.0. The number of rotatable bonds is 18. The number of ether oxygens (including phenoxy) is 5. The highest BCUT2D eigenvalue weighted by atomic mass is 16.6. The fraction of sp³-hybridized carbons (Fsp3) is 0.615. The molecule has 3 rings (SSSR count). The second-order valence-electron chi connectivity index (χ2n) is 9.02. The van der Waals surface area contributed by atoms with Crippen LogP contribution >= 0.6 is 0 Å². The molecule has 216 valence electrons. The Balaban J connectivity index is 1.18. The van der Waals surface area contributed by atoms with Crippen LogP contribution in [0.15, 0.2) is 24.3 Å². The average molecular weight is 552 g/mol. The lowest BCUT2D eigenvalue weighted by Gasteiger charge is -2.27. The number of nitrogens with one attached hydrogen (secondary N) is 2. The van der Waals surface area contributed by atoms with Gasteiger partial charge in [-0.15, -0.1) is 0 Å². The molecule has 0 spiro atoms. The van der Waals surface area contributed by atoms with E-state index in [1.165, 1.54) is 4.90 Å². The maximum Gasteiger partial charge on any atom is 0.411 e. The number of benzene rings is 1. The summed E-state index contributed by atoms with van der Waals surface area (Å²) in [6.45, 7) is 4.12. The van der Waals surface area contributed by atoms with E-state index in [2.05, 4.69) is 10.6 Å². The summed E-state index contributed by atoms with van der Waals surface area (Å²) < 4.78 is 27.1. The third-order valence-corrected chi connectivity index (χ3v) is 6.17. The number of cyclic esters (lactones) is 1. The number of aryl methyl sites for hydroxylation is 1. The average Bonchev–Trinajstić information content (AvgIpc) is 3.29. The molecule has 4 amide bonds. The zero-order valence-electron chi connectivity index (χ0n) is 21.9. The molecule has 2 aliphatic rings. The first-order chi connectivity index (χ1) is 18.9. The monoisotopic (exact) mass is 551 g/mol. The van der Waals surface area contributed by atoms with Crippen LogP contribution in [0.2, 0.25) is 0 Å². The van der Waals surface area contributed by atoms with Gasteiger partial charge in [0.05, 0.1) is 52.8 Å². The molecule has 1 aromatic rings. The van der Waals surface area contributed by atoms with Crippen molar-refractivity contribution in [2.24, 2.45) is 0 Å². The van der Waals surface area contributed by atoms with Gasteiger partial charge in [-0.1, -0.05) is 24.3 Å². The van der Waals surface area contributed by atoms with Gasteiger partial charge in [0.25, 0.3) is 0 Å². The summed E-state index contributed by atoms with van der Waals surface area (Å²) >= 11 is 0. The molecule has 2 heterocycles. The van der Waals surface area contributed by atoms with Crippen molar-refractivity contribution in [3.8, 4) is 0 Å². The van der Waals surface area contributed by atoms with Gasteiger partial charge in [0.2, 0.25) is 11.8 Å². The second-order valence-corrected chi connectivity index (χ2v) is 9.02. The summed E-state index contributed by atoms with van der Waals surface area (Å²) in [5, 5.41) is 12.9. The van der Waals surface area contributed by atoms with Crippen molar-refractivity contribution in [2.45, 2.75) is 37.8 Å². The maximum atomic E-state index is 12.3. The largest absolute Gasteiger partial charge is 0.465 e. The number of hydrogen-bond acceptors (Lipinski definition) is 9. The molecule has 1 unspecified atom stereocenters. The van der Waals surface area contributed by atoms with Crippen molar-refractivity contribution < 1.29 is 48.0 Å². The van der Waals surface area contributed by atoms with Crippen LogP contribution < -0.4 is 10.6 Å². The van der Waals surface area contributed by atoms with E-state index in [1.54, 1.807) is 0 Å². The summed E-state index contributed by atoms with van der Waals surface area (Å²) in [5.41, 5.74) is 2.00. The zero-order valence-corrected chi connectivity index (χ0v) is 21.9. The number of carbonyl (C=O) groups is 4. The number of imide groups is 1. The molecule has 13 nitrogen and oxygen atoms in total. The first kappa shape index (κ1) is 30.3. The second kappa shape index (κ2) is 16.6. The first-order valence-corrected chi connectivity index (χ1v) is 13.1. The molecule has 39 heavy (non-hydrogen) atoms. The summed E-state index contributed by atoms with van der Waals surface area (Å²) in [7, 11) is 0. The first-order valence-electron chi connectivity index (χ1n) is 13.1. The van der Waals surface area contributed by atoms with Crippen LogP contribution in [-0.2, 0) is 39.7 Å². The highest BCUT2D eigenvalue weighted by Gasteiger charge is 2.41. The Bertz CT molecular complexity index is 942. The standard InChI is InChI=1S/C26H37N3O10/c30-23-8-7-21(24(31)28-23)29-18-22(39-26(29)34)20-5-3-19(4-6-20)2-1-10-35-12-14-37-16-17-38-15-13-36-11-9-27-25(32)33/h3-6,21-22,27H,1-2,7-18H2,(H,32,33)(H,28,30,31)/t21?,22-/m1/s1. The van der Waals surface area contributed by atoms with Crippen molar-refractivity contribution in [3.05, 3.63) is 35.4 Å². The molecule has 2 aliphatic heterocycles. The summed E-state index contributed by atoms with van der Waals surface area (Å²) in [6, 6.07) is 7.19. The number of nitrogens with zero attached hydrogens (tertiary/aromatic N) is 1. The smallest absolute Gasteiger partial charge is 0.411 e. The van der Waals surface area contributed by atoms with Crippen molar-refractivity contribution in [1.82, 2.24) is 15.5 Å². The zero-order chi connectivity index (χ0) is 27.9. The van der Waals surface area contributed by atoms with Crippen LogP contribution in [0.1, 0.15) is 36.5 Å². The van der Waals surface area contributed by atoms with Gasteiger partial charge in [0, 0.05) is 19.6 Å². The van der Waals surface area contributed by atoms with Crippen LogP contribution in [0, 0.1) is 0 Å².